The molecule has 0 bridgehead atoms. The number of aromatic nitrogens is 1. The van der Waals surface area contributed by atoms with E-state index in [1.165, 1.54) is 33.5 Å². The third-order valence-corrected chi connectivity index (χ3v) is 4.54. The molecule has 2 N–H and O–H groups in total. The van der Waals surface area contributed by atoms with Crippen LogP contribution < -0.4 is 14.2 Å². The van der Waals surface area contributed by atoms with Gasteiger partial charge in [0.15, 0.2) is 17.2 Å². The number of aromatic amines is 1. The first-order chi connectivity index (χ1) is 13.0. The number of halogens is 1. The molecule has 0 spiro atoms. The lowest BCUT2D eigenvalue weighted by Crippen LogP contribution is -2.00. The number of rotatable bonds is 5. The van der Waals surface area contributed by atoms with Crippen LogP contribution in [-0.2, 0) is 0 Å². The van der Waals surface area contributed by atoms with Crippen molar-refractivity contribution in [3.05, 3.63) is 39.5 Å². The molecule has 140 valence electrons. The van der Waals surface area contributed by atoms with Crippen LogP contribution in [0.15, 0.2) is 40.6 Å². The van der Waals surface area contributed by atoms with Gasteiger partial charge in [0.1, 0.15) is 0 Å². The maximum absolute atomic E-state index is 12.5. The highest BCUT2D eigenvalue weighted by Crippen LogP contribution is 2.39. The molecule has 0 unspecified atom stereocenters. The Bertz CT molecular complexity index is 1020. The summed E-state index contributed by atoms with van der Waals surface area (Å²) in [5, 5.41) is 18.4. The third kappa shape index (κ3) is 3.68. The Hall–Kier alpha value is -2.82. The summed E-state index contributed by atoms with van der Waals surface area (Å²) in [5.41, 5.74) is 1.11. The summed E-state index contributed by atoms with van der Waals surface area (Å²) in [6, 6.07) is 8.52. The summed E-state index contributed by atoms with van der Waals surface area (Å²) in [7, 11) is 4.39. The van der Waals surface area contributed by atoms with Crippen molar-refractivity contribution in [1.29, 1.82) is 0 Å². The van der Waals surface area contributed by atoms with Crippen molar-refractivity contribution in [3.8, 4) is 23.1 Å². The van der Waals surface area contributed by atoms with E-state index in [-0.39, 0.29) is 17.1 Å². The van der Waals surface area contributed by atoms with Gasteiger partial charge in [-0.2, -0.15) is 0 Å². The molecule has 0 radical (unpaired) electrons. The summed E-state index contributed by atoms with van der Waals surface area (Å²) in [6.45, 7) is 0. The molecule has 0 atom stereocenters. The minimum absolute atomic E-state index is 0.159. The van der Waals surface area contributed by atoms with Gasteiger partial charge in [-0.1, -0.05) is 0 Å². The molecular formula is C18H16IN3O5. The Kier molecular flexibility index (Phi) is 5.49. The van der Waals surface area contributed by atoms with Crippen LogP contribution >= 0.6 is 22.6 Å². The zero-order chi connectivity index (χ0) is 19.6. The number of carbonyl (C=O) groups excluding carboxylic acids is 1. The van der Waals surface area contributed by atoms with Gasteiger partial charge in [0.2, 0.25) is 11.6 Å². The molecular weight excluding hydrogens is 465 g/mol. The molecule has 3 aromatic rings. The van der Waals surface area contributed by atoms with Crippen molar-refractivity contribution in [3.63, 3.8) is 0 Å². The second kappa shape index (κ2) is 7.82. The highest BCUT2D eigenvalue weighted by Gasteiger charge is 2.17. The number of amides is 1. The SMILES string of the molecule is COc1cc(C(=O)N=Nc2c(O)[nH]c3ccc(I)cc23)cc(OC)c1OC. The Morgan fingerprint density at radius 2 is 1.74 bits per heavy atom. The van der Waals surface area contributed by atoms with E-state index in [1.807, 2.05) is 18.2 Å². The van der Waals surface area contributed by atoms with E-state index in [4.69, 9.17) is 14.2 Å². The van der Waals surface area contributed by atoms with Gasteiger partial charge in [-0.25, -0.2) is 0 Å². The van der Waals surface area contributed by atoms with E-state index in [1.54, 1.807) is 0 Å². The molecule has 1 heterocycles. The fourth-order valence-electron chi connectivity index (χ4n) is 2.59. The van der Waals surface area contributed by atoms with E-state index >= 15 is 0 Å². The predicted molar refractivity (Wildman–Crippen MR) is 108 cm³/mol. The van der Waals surface area contributed by atoms with Gasteiger partial charge in [0.05, 0.1) is 32.4 Å². The highest BCUT2D eigenvalue weighted by molar-refractivity contribution is 14.1. The topological polar surface area (TPSA) is 106 Å². The molecule has 0 saturated heterocycles. The molecule has 1 aromatic heterocycles. The van der Waals surface area contributed by atoms with Crippen LogP contribution in [0.3, 0.4) is 0 Å². The molecule has 27 heavy (non-hydrogen) atoms. The number of ether oxygens (including phenoxy) is 3. The minimum atomic E-state index is -0.617. The van der Waals surface area contributed by atoms with Gasteiger partial charge in [-0.15, -0.1) is 10.2 Å². The number of hydrogen-bond acceptors (Lipinski definition) is 6. The van der Waals surface area contributed by atoms with E-state index in [9.17, 15) is 9.90 Å². The quantitative estimate of drug-likeness (QED) is 0.415. The van der Waals surface area contributed by atoms with Crippen LogP contribution in [0.1, 0.15) is 10.4 Å². The van der Waals surface area contributed by atoms with E-state index in [0.29, 0.717) is 28.2 Å². The molecule has 0 aliphatic heterocycles. The van der Waals surface area contributed by atoms with Crippen LogP contribution in [0.2, 0.25) is 0 Å². The van der Waals surface area contributed by atoms with Crippen molar-refractivity contribution in [1.82, 2.24) is 4.98 Å². The van der Waals surface area contributed by atoms with Crippen LogP contribution in [0.25, 0.3) is 10.9 Å². The van der Waals surface area contributed by atoms with Crippen LogP contribution in [0.4, 0.5) is 5.69 Å². The molecule has 9 heteroatoms. The molecule has 2 aromatic carbocycles. The number of hydrogen-bond donors (Lipinski definition) is 2. The number of benzene rings is 2. The first kappa shape index (κ1) is 19.0. The summed E-state index contributed by atoms with van der Waals surface area (Å²) >= 11 is 2.15. The molecule has 0 fully saturated rings. The van der Waals surface area contributed by atoms with E-state index in [2.05, 4.69) is 37.8 Å². The second-order valence-electron chi connectivity index (χ2n) is 5.43. The fourth-order valence-corrected chi connectivity index (χ4v) is 3.09. The third-order valence-electron chi connectivity index (χ3n) is 3.87. The number of aromatic hydroxyl groups is 1. The number of methoxy groups -OCH3 is 3. The Balaban J connectivity index is 1.98. The minimum Gasteiger partial charge on any atom is -0.493 e. The Morgan fingerprint density at radius 3 is 2.33 bits per heavy atom. The summed E-state index contributed by atoms with van der Waals surface area (Å²) < 4.78 is 16.7. The molecule has 0 aliphatic rings. The molecule has 0 aliphatic carbocycles. The Labute approximate surface area is 168 Å². The van der Waals surface area contributed by atoms with Gasteiger partial charge in [0, 0.05) is 8.96 Å². The van der Waals surface area contributed by atoms with Gasteiger partial charge in [-0.05, 0) is 52.9 Å². The lowest BCUT2D eigenvalue weighted by atomic mass is 10.1. The number of nitrogens with zero attached hydrogens (tertiary/aromatic N) is 2. The van der Waals surface area contributed by atoms with Crippen LogP contribution in [0, 0.1) is 3.57 Å². The summed E-state index contributed by atoms with van der Waals surface area (Å²) in [4.78, 5) is 15.3. The van der Waals surface area contributed by atoms with Crippen molar-refractivity contribution >= 4 is 45.1 Å². The van der Waals surface area contributed by atoms with Crippen molar-refractivity contribution < 1.29 is 24.1 Å². The molecule has 1 amide bonds. The number of azo groups is 1. The predicted octanol–water partition coefficient (Wildman–Crippen LogP) is 4.43. The number of fused-ring (bicyclic) bond motifs is 1. The molecule has 8 nitrogen and oxygen atoms in total. The van der Waals surface area contributed by atoms with Gasteiger partial charge in [0.25, 0.3) is 5.91 Å². The number of carbonyl (C=O) groups is 1. The Morgan fingerprint density at radius 1 is 1.07 bits per heavy atom. The maximum atomic E-state index is 12.5. The second-order valence-corrected chi connectivity index (χ2v) is 6.68. The lowest BCUT2D eigenvalue weighted by molar-refractivity contribution is 0.0994. The van der Waals surface area contributed by atoms with Gasteiger partial charge < -0.3 is 24.3 Å². The van der Waals surface area contributed by atoms with E-state index < -0.39 is 5.91 Å². The monoisotopic (exact) mass is 481 g/mol. The van der Waals surface area contributed by atoms with Gasteiger partial charge >= 0.3 is 0 Å². The van der Waals surface area contributed by atoms with Crippen molar-refractivity contribution in [2.24, 2.45) is 10.2 Å². The first-order valence-corrected chi connectivity index (χ1v) is 8.82. The van der Waals surface area contributed by atoms with Crippen molar-refractivity contribution in [2.45, 2.75) is 0 Å². The molecule has 0 saturated carbocycles. The molecule has 3 rings (SSSR count). The van der Waals surface area contributed by atoms with Crippen molar-refractivity contribution in [2.75, 3.05) is 21.3 Å². The summed E-state index contributed by atoms with van der Waals surface area (Å²) in [6.07, 6.45) is 0. The average Bonchev–Trinajstić information content (AvgIpc) is 2.99. The normalized spacial score (nSPS) is 11.1. The largest absolute Gasteiger partial charge is 0.493 e. The smallest absolute Gasteiger partial charge is 0.295 e. The first-order valence-electron chi connectivity index (χ1n) is 7.74. The zero-order valence-corrected chi connectivity index (χ0v) is 16.9. The summed E-state index contributed by atoms with van der Waals surface area (Å²) in [5.74, 6) is 0.263. The fraction of sp³-hybridized carbons (Fsp3) is 0.167. The highest BCUT2D eigenvalue weighted by atomic mass is 127. The van der Waals surface area contributed by atoms with Gasteiger partial charge in [-0.3, -0.25) is 4.79 Å². The van der Waals surface area contributed by atoms with Crippen LogP contribution in [-0.4, -0.2) is 37.3 Å². The zero-order valence-electron chi connectivity index (χ0n) is 14.7. The average molecular weight is 481 g/mol. The maximum Gasteiger partial charge on any atom is 0.295 e. The van der Waals surface area contributed by atoms with Crippen LogP contribution in [0.5, 0.6) is 23.1 Å². The number of nitrogens with one attached hydrogen (secondary N) is 1. The standard InChI is InChI=1S/C18H16IN3O5/c1-25-13-6-9(7-14(26-2)16(13)27-3)17(23)22-21-15-11-8-10(19)4-5-12(11)20-18(15)24/h4-8,20,24H,1-3H3. The number of H-pyrrole nitrogens is 1. The van der Waals surface area contributed by atoms with E-state index in [0.717, 1.165) is 3.57 Å². The lowest BCUT2D eigenvalue weighted by Gasteiger charge is -2.12.